The van der Waals surface area contributed by atoms with Gasteiger partial charge in [0.05, 0.1) is 5.75 Å². The minimum Gasteiger partial charge on any atom is -0.480 e. The van der Waals surface area contributed by atoms with E-state index >= 15 is 0 Å². The third-order valence-electron chi connectivity index (χ3n) is 2.06. The van der Waals surface area contributed by atoms with Crippen LogP contribution in [-0.2, 0) is 15.3 Å². The number of carboxylic acids is 1. The Bertz CT molecular complexity index is 464. The van der Waals surface area contributed by atoms with E-state index in [1.807, 2.05) is 0 Å². The van der Waals surface area contributed by atoms with Gasteiger partial charge in [0.25, 0.3) is 0 Å². The van der Waals surface area contributed by atoms with E-state index in [4.69, 9.17) is 16.7 Å². The van der Waals surface area contributed by atoms with Gasteiger partial charge in [-0.3, -0.25) is 4.79 Å². The minimum atomic E-state index is -1.06. The molecule has 0 aromatic carbocycles. The maximum Gasteiger partial charge on any atom is 0.327 e. The third-order valence-corrected chi connectivity index (χ3v) is 3.29. The number of halogens is 1. The van der Waals surface area contributed by atoms with E-state index in [-0.39, 0.29) is 11.7 Å². The molecule has 1 amide bonds. The Hall–Kier alpha value is -1.34. The quantitative estimate of drug-likeness (QED) is 0.769. The summed E-state index contributed by atoms with van der Waals surface area (Å²) in [5.41, 5.74) is 0.757. The molecule has 2 N–H and O–H groups in total. The van der Waals surface area contributed by atoms with Crippen LogP contribution in [0.25, 0.3) is 0 Å². The fourth-order valence-corrected chi connectivity index (χ4v) is 2.49. The van der Waals surface area contributed by atoms with Crippen molar-refractivity contribution in [3.8, 4) is 0 Å². The number of hydrogen-bond donors (Lipinski definition) is 2. The van der Waals surface area contributed by atoms with Gasteiger partial charge in [0, 0.05) is 18.4 Å². The van der Waals surface area contributed by atoms with Crippen LogP contribution in [-0.4, -0.2) is 38.7 Å². The molecule has 104 valence electrons. The summed E-state index contributed by atoms with van der Waals surface area (Å²) in [5, 5.41) is 11.7. The SMILES string of the molecule is CC(=O)N[C@@H](CSCc1nc(C)cc(Cl)n1)C(=O)O. The van der Waals surface area contributed by atoms with Crippen LogP contribution in [0.1, 0.15) is 18.4 Å². The summed E-state index contributed by atoms with van der Waals surface area (Å²) in [4.78, 5) is 30.0. The van der Waals surface area contributed by atoms with Crippen LogP contribution in [0.5, 0.6) is 0 Å². The normalized spacial score (nSPS) is 11.9. The Kier molecular flexibility index (Phi) is 6.04. The summed E-state index contributed by atoms with van der Waals surface area (Å²) in [7, 11) is 0. The largest absolute Gasteiger partial charge is 0.480 e. The molecule has 0 saturated heterocycles. The molecule has 6 nitrogen and oxygen atoms in total. The smallest absolute Gasteiger partial charge is 0.327 e. The van der Waals surface area contributed by atoms with E-state index in [9.17, 15) is 9.59 Å². The Morgan fingerprint density at radius 1 is 1.53 bits per heavy atom. The molecule has 0 fully saturated rings. The summed E-state index contributed by atoms with van der Waals surface area (Å²) in [6.07, 6.45) is 0. The van der Waals surface area contributed by atoms with Crippen molar-refractivity contribution in [1.82, 2.24) is 15.3 Å². The topological polar surface area (TPSA) is 92.2 Å². The molecule has 1 aromatic heterocycles. The molecule has 1 heterocycles. The Morgan fingerprint density at radius 3 is 2.74 bits per heavy atom. The van der Waals surface area contributed by atoms with E-state index in [2.05, 4.69) is 15.3 Å². The van der Waals surface area contributed by atoms with Crippen LogP contribution in [0, 0.1) is 6.92 Å². The lowest BCUT2D eigenvalue weighted by Gasteiger charge is -2.12. The second-order valence-corrected chi connectivity index (χ2v) is 5.27. The van der Waals surface area contributed by atoms with Gasteiger partial charge in [-0.2, -0.15) is 11.8 Å². The molecule has 19 heavy (non-hydrogen) atoms. The molecule has 0 aliphatic heterocycles. The van der Waals surface area contributed by atoms with Crippen molar-refractivity contribution in [3.05, 3.63) is 22.7 Å². The van der Waals surface area contributed by atoms with E-state index in [1.54, 1.807) is 13.0 Å². The van der Waals surface area contributed by atoms with E-state index < -0.39 is 12.0 Å². The fraction of sp³-hybridized carbons (Fsp3) is 0.455. The first-order valence-corrected chi connectivity index (χ1v) is 6.99. The van der Waals surface area contributed by atoms with Gasteiger partial charge in [-0.15, -0.1) is 0 Å². The number of carbonyl (C=O) groups is 2. The fourth-order valence-electron chi connectivity index (χ4n) is 1.34. The Labute approximate surface area is 120 Å². The molecule has 0 aliphatic carbocycles. The van der Waals surface area contributed by atoms with Gasteiger partial charge in [-0.05, 0) is 13.0 Å². The molecule has 0 aliphatic rings. The van der Waals surface area contributed by atoms with E-state index in [1.165, 1.54) is 18.7 Å². The maximum atomic E-state index is 10.9. The average Bonchev–Trinajstić information content (AvgIpc) is 2.25. The minimum absolute atomic E-state index is 0.240. The molecule has 1 rings (SSSR count). The first-order chi connectivity index (χ1) is 8.88. The lowest BCUT2D eigenvalue weighted by molar-refractivity contribution is -0.140. The average molecular weight is 304 g/mol. The highest BCUT2D eigenvalue weighted by Gasteiger charge is 2.18. The second kappa shape index (κ2) is 7.30. The summed E-state index contributed by atoms with van der Waals surface area (Å²) < 4.78 is 0. The van der Waals surface area contributed by atoms with Crippen LogP contribution in [0.15, 0.2) is 6.07 Å². The summed E-state index contributed by atoms with van der Waals surface area (Å²) in [6.45, 7) is 3.09. The Balaban J connectivity index is 2.51. The summed E-state index contributed by atoms with van der Waals surface area (Å²) >= 11 is 7.12. The highest BCUT2D eigenvalue weighted by atomic mass is 35.5. The lowest BCUT2D eigenvalue weighted by Crippen LogP contribution is -2.41. The molecule has 8 heteroatoms. The maximum absolute atomic E-state index is 10.9. The number of carboxylic acid groups (broad SMARTS) is 1. The molecule has 0 radical (unpaired) electrons. The highest BCUT2D eigenvalue weighted by molar-refractivity contribution is 7.98. The highest BCUT2D eigenvalue weighted by Crippen LogP contribution is 2.13. The standard InChI is InChI=1S/C11H14ClN3O3S/c1-6-3-9(12)15-10(13-6)5-19-4-8(11(17)18)14-7(2)16/h3,8H,4-5H2,1-2H3,(H,14,16)(H,17,18)/t8-/m0/s1. The van der Waals surface area contributed by atoms with Crippen LogP contribution in [0.3, 0.4) is 0 Å². The molecular formula is C11H14ClN3O3S. The van der Waals surface area contributed by atoms with Gasteiger partial charge < -0.3 is 10.4 Å². The van der Waals surface area contributed by atoms with Gasteiger partial charge in [0.1, 0.15) is 17.0 Å². The molecule has 0 spiro atoms. The zero-order chi connectivity index (χ0) is 14.4. The second-order valence-electron chi connectivity index (χ2n) is 3.85. The first-order valence-electron chi connectivity index (χ1n) is 5.46. The third kappa shape index (κ3) is 5.89. The van der Waals surface area contributed by atoms with Crippen molar-refractivity contribution < 1.29 is 14.7 Å². The van der Waals surface area contributed by atoms with Crippen molar-refractivity contribution in [3.63, 3.8) is 0 Å². The molecular weight excluding hydrogens is 290 g/mol. The van der Waals surface area contributed by atoms with Crippen molar-refractivity contribution in [2.75, 3.05) is 5.75 Å². The van der Waals surface area contributed by atoms with Crippen LogP contribution in [0.2, 0.25) is 5.15 Å². The molecule has 0 unspecified atom stereocenters. The van der Waals surface area contributed by atoms with E-state index in [0.717, 1.165) is 5.69 Å². The first kappa shape index (κ1) is 15.7. The van der Waals surface area contributed by atoms with Crippen LogP contribution < -0.4 is 5.32 Å². The van der Waals surface area contributed by atoms with E-state index in [0.29, 0.717) is 16.7 Å². The van der Waals surface area contributed by atoms with Crippen molar-refractivity contribution in [1.29, 1.82) is 0 Å². The predicted molar refractivity (Wildman–Crippen MR) is 73.2 cm³/mol. The van der Waals surface area contributed by atoms with Crippen molar-refractivity contribution in [2.45, 2.75) is 25.6 Å². The zero-order valence-electron chi connectivity index (χ0n) is 10.5. The Morgan fingerprint density at radius 2 is 2.21 bits per heavy atom. The van der Waals surface area contributed by atoms with Gasteiger partial charge >= 0.3 is 5.97 Å². The summed E-state index contributed by atoms with van der Waals surface area (Å²) in [5.74, 6) is -0.218. The number of nitrogens with one attached hydrogen (secondary N) is 1. The molecule has 1 aromatic rings. The van der Waals surface area contributed by atoms with Crippen molar-refractivity contribution >= 4 is 35.2 Å². The molecule has 0 saturated carbocycles. The number of aliphatic carboxylic acids is 1. The number of amides is 1. The molecule has 1 atom stereocenters. The number of nitrogens with zero attached hydrogens (tertiary/aromatic N) is 2. The number of aromatic nitrogens is 2. The van der Waals surface area contributed by atoms with Crippen LogP contribution in [0.4, 0.5) is 0 Å². The van der Waals surface area contributed by atoms with Gasteiger partial charge in [0.15, 0.2) is 0 Å². The summed E-state index contributed by atoms with van der Waals surface area (Å²) in [6, 6.07) is 0.732. The van der Waals surface area contributed by atoms with Gasteiger partial charge in [-0.25, -0.2) is 14.8 Å². The number of rotatable bonds is 6. The zero-order valence-corrected chi connectivity index (χ0v) is 12.1. The van der Waals surface area contributed by atoms with Gasteiger partial charge in [0.2, 0.25) is 5.91 Å². The number of thioether (sulfide) groups is 1. The predicted octanol–water partition coefficient (Wildman–Crippen LogP) is 1.26. The number of carbonyl (C=O) groups excluding carboxylic acids is 1. The number of hydrogen-bond acceptors (Lipinski definition) is 5. The molecule has 0 bridgehead atoms. The van der Waals surface area contributed by atoms with Crippen molar-refractivity contribution in [2.24, 2.45) is 0 Å². The lowest BCUT2D eigenvalue weighted by atomic mass is 10.3. The monoisotopic (exact) mass is 303 g/mol. The van der Waals surface area contributed by atoms with Gasteiger partial charge in [-0.1, -0.05) is 11.6 Å². The van der Waals surface area contributed by atoms with Crippen LogP contribution >= 0.6 is 23.4 Å². The number of aryl methyl sites for hydroxylation is 1.